The van der Waals surface area contributed by atoms with Gasteiger partial charge in [-0.2, -0.15) is 0 Å². The maximum absolute atomic E-state index is 5.76. The average Bonchev–Trinajstić information content (AvgIpc) is 2.72. The van der Waals surface area contributed by atoms with E-state index in [4.69, 9.17) is 15.2 Å². The van der Waals surface area contributed by atoms with Crippen LogP contribution in [0, 0.1) is 5.41 Å². The number of hydrogen-bond donors (Lipinski definition) is 1. The molecule has 1 aliphatic heterocycles. The van der Waals surface area contributed by atoms with Crippen molar-refractivity contribution in [1.82, 2.24) is 0 Å². The van der Waals surface area contributed by atoms with Crippen molar-refractivity contribution in [2.75, 3.05) is 13.2 Å². The smallest absolute Gasteiger partial charge is 0.163 e. The zero-order valence-corrected chi connectivity index (χ0v) is 7.80. The highest BCUT2D eigenvalue weighted by Gasteiger charge is 2.53. The van der Waals surface area contributed by atoms with Gasteiger partial charge < -0.3 is 15.2 Å². The largest absolute Gasteiger partial charge is 0.348 e. The van der Waals surface area contributed by atoms with Crippen LogP contribution in [0.5, 0.6) is 0 Å². The molecule has 2 aliphatic rings. The van der Waals surface area contributed by atoms with Crippen LogP contribution in [0.25, 0.3) is 0 Å². The molecule has 70 valence electrons. The van der Waals surface area contributed by atoms with Gasteiger partial charge in [0.25, 0.3) is 0 Å². The van der Waals surface area contributed by atoms with E-state index in [9.17, 15) is 0 Å². The number of nitrogens with two attached hydrogens (primary N) is 1. The third-order valence-electron chi connectivity index (χ3n) is 2.99. The molecule has 0 aromatic rings. The molecule has 1 unspecified atom stereocenters. The van der Waals surface area contributed by atoms with Crippen LogP contribution in [-0.4, -0.2) is 25.0 Å². The van der Waals surface area contributed by atoms with Crippen LogP contribution in [0.3, 0.4) is 0 Å². The zero-order valence-electron chi connectivity index (χ0n) is 7.80. The van der Waals surface area contributed by atoms with Gasteiger partial charge in [-0.3, -0.25) is 0 Å². The van der Waals surface area contributed by atoms with Gasteiger partial charge in [-0.1, -0.05) is 0 Å². The fourth-order valence-electron chi connectivity index (χ4n) is 1.81. The van der Waals surface area contributed by atoms with E-state index in [0.29, 0.717) is 6.61 Å². The quantitative estimate of drug-likeness (QED) is 0.670. The van der Waals surface area contributed by atoms with Gasteiger partial charge in [-0.05, 0) is 26.7 Å². The topological polar surface area (TPSA) is 44.5 Å². The standard InChI is InChI=1S/C9H17NO2/c1-8(2)11-5-7(12-8)9(6-10)3-4-9/h7H,3-6,10H2,1-2H3. The zero-order chi connectivity index (χ0) is 8.82. The second-order valence-corrected chi connectivity index (χ2v) is 4.38. The molecule has 2 fully saturated rings. The molecule has 0 aromatic carbocycles. The van der Waals surface area contributed by atoms with Gasteiger partial charge in [-0.15, -0.1) is 0 Å². The van der Waals surface area contributed by atoms with Crippen LogP contribution in [0.4, 0.5) is 0 Å². The minimum absolute atomic E-state index is 0.234. The Labute approximate surface area is 73.2 Å². The third-order valence-corrected chi connectivity index (χ3v) is 2.99. The summed E-state index contributed by atoms with van der Waals surface area (Å²) in [6.45, 7) is 5.36. The molecule has 1 aliphatic carbocycles. The molecule has 3 nitrogen and oxygen atoms in total. The van der Waals surface area contributed by atoms with Gasteiger partial charge >= 0.3 is 0 Å². The van der Waals surface area contributed by atoms with Gasteiger partial charge in [0, 0.05) is 12.0 Å². The molecule has 1 saturated heterocycles. The average molecular weight is 171 g/mol. The Morgan fingerprint density at radius 1 is 1.42 bits per heavy atom. The number of hydrogen-bond acceptors (Lipinski definition) is 3. The van der Waals surface area contributed by atoms with Crippen LogP contribution in [0.1, 0.15) is 26.7 Å². The first-order chi connectivity index (χ1) is 5.58. The SMILES string of the molecule is CC1(C)OCC(C2(CN)CC2)O1. The summed E-state index contributed by atoms with van der Waals surface area (Å²) in [4.78, 5) is 0. The molecule has 0 spiro atoms. The minimum atomic E-state index is -0.393. The summed E-state index contributed by atoms with van der Waals surface area (Å²) in [6.07, 6.45) is 2.64. The van der Waals surface area contributed by atoms with Crippen LogP contribution >= 0.6 is 0 Å². The van der Waals surface area contributed by atoms with Gasteiger partial charge in [0.15, 0.2) is 5.79 Å². The van der Waals surface area contributed by atoms with Crippen molar-refractivity contribution in [3.05, 3.63) is 0 Å². The van der Waals surface area contributed by atoms with Crippen molar-refractivity contribution < 1.29 is 9.47 Å². The van der Waals surface area contributed by atoms with E-state index < -0.39 is 5.79 Å². The fourth-order valence-corrected chi connectivity index (χ4v) is 1.81. The summed E-state index contributed by atoms with van der Waals surface area (Å²) in [5.74, 6) is -0.393. The predicted molar refractivity (Wildman–Crippen MR) is 45.6 cm³/mol. The van der Waals surface area contributed by atoms with Gasteiger partial charge in [-0.25, -0.2) is 0 Å². The first-order valence-corrected chi connectivity index (χ1v) is 4.60. The van der Waals surface area contributed by atoms with Crippen LogP contribution < -0.4 is 5.73 Å². The molecule has 1 atom stereocenters. The van der Waals surface area contributed by atoms with E-state index >= 15 is 0 Å². The van der Waals surface area contributed by atoms with Crippen molar-refractivity contribution in [3.8, 4) is 0 Å². The normalized spacial score (nSPS) is 36.8. The Bertz CT molecular complexity index is 187. The lowest BCUT2D eigenvalue weighted by Crippen LogP contribution is -2.33. The summed E-state index contributed by atoms with van der Waals surface area (Å²) >= 11 is 0. The predicted octanol–water partition coefficient (Wildman–Crippen LogP) is 0.877. The Hall–Kier alpha value is -0.120. The molecule has 0 amide bonds. The van der Waals surface area contributed by atoms with E-state index in [2.05, 4.69) is 0 Å². The Balaban J connectivity index is 2.00. The van der Waals surface area contributed by atoms with Crippen molar-refractivity contribution in [2.45, 2.75) is 38.6 Å². The summed E-state index contributed by atoms with van der Waals surface area (Å²) < 4.78 is 11.3. The molecule has 2 N–H and O–H groups in total. The van der Waals surface area contributed by atoms with E-state index in [1.165, 1.54) is 12.8 Å². The van der Waals surface area contributed by atoms with Gasteiger partial charge in [0.2, 0.25) is 0 Å². The molecule has 1 heterocycles. The third kappa shape index (κ3) is 1.26. The van der Waals surface area contributed by atoms with E-state index in [1.54, 1.807) is 0 Å². The van der Waals surface area contributed by atoms with Gasteiger partial charge in [0.1, 0.15) is 0 Å². The molecule has 0 aromatic heterocycles. The van der Waals surface area contributed by atoms with E-state index in [-0.39, 0.29) is 11.5 Å². The van der Waals surface area contributed by atoms with Crippen molar-refractivity contribution >= 4 is 0 Å². The highest BCUT2D eigenvalue weighted by atomic mass is 16.7. The molecule has 1 saturated carbocycles. The number of rotatable bonds is 2. The molecule has 12 heavy (non-hydrogen) atoms. The van der Waals surface area contributed by atoms with Crippen LogP contribution in [0.2, 0.25) is 0 Å². The second kappa shape index (κ2) is 2.44. The number of ether oxygens (including phenoxy) is 2. The Kier molecular flexibility index (Phi) is 1.72. The lowest BCUT2D eigenvalue weighted by Gasteiger charge is -2.22. The highest BCUT2D eigenvalue weighted by molar-refractivity contribution is 5.02. The monoisotopic (exact) mass is 171 g/mol. The summed E-state index contributed by atoms with van der Waals surface area (Å²) in [5.41, 5.74) is 5.96. The molecule has 3 heteroatoms. The van der Waals surface area contributed by atoms with Crippen LogP contribution in [0.15, 0.2) is 0 Å². The second-order valence-electron chi connectivity index (χ2n) is 4.38. The molecule has 0 radical (unpaired) electrons. The summed E-state index contributed by atoms with van der Waals surface area (Å²) in [7, 11) is 0. The lowest BCUT2D eigenvalue weighted by atomic mass is 10.0. The van der Waals surface area contributed by atoms with Crippen molar-refractivity contribution in [3.63, 3.8) is 0 Å². The van der Waals surface area contributed by atoms with Crippen molar-refractivity contribution in [2.24, 2.45) is 11.1 Å². The van der Waals surface area contributed by atoms with Crippen molar-refractivity contribution in [1.29, 1.82) is 0 Å². The Morgan fingerprint density at radius 2 is 2.08 bits per heavy atom. The van der Waals surface area contributed by atoms with E-state index in [1.807, 2.05) is 13.8 Å². The maximum Gasteiger partial charge on any atom is 0.163 e. The highest BCUT2D eigenvalue weighted by Crippen LogP contribution is 2.51. The molecule has 0 bridgehead atoms. The lowest BCUT2D eigenvalue weighted by molar-refractivity contribution is -0.145. The summed E-state index contributed by atoms with van der Waals surface area (Å²) in [6, 6.07) is 0. The Morgan fingerprint density at radius 3 is 2.42 bits per heavy atom. The fraction of sp³-hybridized carbons (Fsp3) is 1.00. The molecular formula is C9H17NO2. The maximum atomic E-state index is 5.76. The summed E-state index contributed by atoms with van der Waals surface area (Å²) in [5, 5.41) is 0. The molecule has 2 rings (SSSR count). The first-order valence-electron chi connectivity index (χ1n) is 4.60. The minimum Gasteiger partial charge on any atom is -0.348 e. The van der Waals surface area contributed by atoms with E-state index in [0.717, 1.165) is 6.54 Å². The first kappa shape index (κ1) is 8.48. The van der Waals surface area contributed by atoms with Crippen LogP contribution in [-0.2, 0) is 9.47 Å². The molecular weight excluding hydrogens is 154 g/mol. The van der Waals surface area contributed by atoms with Gasteiger partial charge in [0.05, 0.1) is 12.7 Å².